The SMILES string of the molecule is COc1ccccc1.OB(O)O. The first-order valence-electron chi connectivity index (χ1n) is 3.30. The second kappa shape index (κ2) is 6.66. The maximum absolute atomic E-state index is 7.17. The van der Waals surface area contributed by atoms with E-state index in [1.165, 1.54) is 0 Å². The van der Waals surface area contributed by atoms with E-state index in [1.807, 2.05) is 30.3 Å². The van der Waals surface area contributed by atoms with Gasteiger partial charge in [-0.15, -0.1) is 0 Å². The standard InChI is InChI=1S/C7H8O.BH3O3/c1-8-7-5-3-2-4-6-7;2-1(3)4/h2-6H,1H3;2-4H. The van der Waals surface area contributed by atoms with Crippen LogP contribution >= 0.6 is 0 Å². The van der Waals surface area contributed by atoms with Gasteiger partial charge in [0.15, 0.2) is 0 Å². The Hall–Kier alpha value is -1.04. The minimum atomic E-state index is -2.17. The molecular formula is C7H11BO4. The van der Waals surface area contributed by atoms with E-state index >= 15 is 0 Å². The number of para-hydroxylation sites is 1. The van der Waals surface area contributed by atoms with E-state index in [0.717, 1.165) is 5.75 Å². The van der Waals surface area contributed by atoms with Gasteiger partial charge in [-0.05, 0) is 12.1 Å². The summed E-state index contributed by atoms with van der Waals surface area (Å²) < 4.78 is 4.91. The predicted octanol–water partition coefficient (Wildman–Crippen LogP) is -0.357. The molecule has 0 saturated carbocycles. The lowest BCUT2D eigenvalue weighted by Gasteiger charge is -1.93. The molecule has 12 heavy (non-hydrogen) atoms. The highest BCUT2D eigenvalue weighted by Gasteiger charge is 1.92. The van der Waals surface area contributed by atoms with Crippen LogP contribution in [0.2, 0.25) is 0 Å². The maximum Gasteiger partial charge on any atom is 0.631 e. The molecule has 0 aliphatic heterocycles. The average molecular weight is 170 g/mol. The molecule has 0 radical (unpaired) electrons. The van der Waals surface area contributed by atoms with Crippen LogP contribution in [0.15, 0.2) is 30.3 Å². The summed E-state index contributed by atoms with van der Waals surface area (Å²) in [6.07, 6.45) is 0. The molecule has 0 heterocycles. The van der Waals surface area contributed by atoms with E-state index < -0.39 is 7.32 Å². The van der Waals surface area contributed by atoms with Gasteiger partial charge in [-0.3, -0.25) is 0 Å². The molecule has 3 N–H and O–H groups in total. The number of hydrogen-bond donors (Lipinski definition) is 3. The van der Waals surface area contributed by atoms with Gasteiger partial charge in [0.1, 0.15) is 5.75 Å². The third-order valence-corrected chi connectivity index (χ3v) is 0.979. The van der Waals surface area contributed by atoms with Crippen LogP contribution in [0.25, 0.3) is 0 Å². The van der Waals surface area contributed by atoms with Gasteiger partial charge in [0.05, 0.1) is 7.11 Å². The van der Waals surface area contributed by atoms with E-state index in [1.54, 1.807) is 7.11 Å². The van der Waals surface area contributed by atoms with Gasteiger partial charge in [-0.25, -0.2) is 0 Å². The third kappa shape index (κ3) is 7.08. The molecule has 66 valence electrons. The fourth-order valence-electron chi connectivity index (χ4n) is 0.557. The first-order chi connectivity index (χ1) is 5.66. The Morgan fingerprint density at radius 1 is 1.08 bits per heavy atom. The summed E-state index contributed by atoms with van der Waals surface area (Å²) in [4.78, 5) is 0. The summed E-state index contributed by atoms with van der Waals surface area (Å²) in [6, 6.07) is 9.68. The maximum atomic E-state index is 7.17. The molecule has 1 rings (SSSR count). The van der Waals surface area contributed by atoms with Crippen LogP contribution in [0, 0.1) is 0 Å². The van der Waals surface area contributed by atoms with Crippen LogP contribution in [-0.2, 0) is 0 Å². The van der Waals surface area contributed by atoms with Crippen molar-refractivity contribution in [3.63, 3.8) is 0 Å². The number of methoxy groups -OCH3 is 1. The zero-order valence-electron chi connectivity index (χ0n) is 6.71. The number of benzene rings is 1. The highest BCUT2D eigenvalue weighted by molar-refractivity contribution is 6.30. The van der Waals surface area contributed by atoms with E-state index in [-0.39, 0.29) is 0 Å². The Kier molecular flexibility index (Phi) is 6.09. The lowest BCUT2D eigenvalue weighted by Crippen LogP contribution is -2.07. The quantitative estimate of drug-likeness (QED) is 0.503. The van der Waals surface area contributed by atoms with Crippen molar-refractivity contribution in [1.82, 2.24) is 0 Å². The fraction of sp³-hybridized carbons (Fsp3) is 0.143. The van der Waals surface area contributed by atoms with Crippen molar-refractivity contribution in [1.29, 1.82) is 0 Å². The Bertz CT molecular complexity index is 187. The van der Waals surface area contributed by atoms with Crippen molar-refractivity contribution >= 4 is 7.32 Å². The second-order valence-corrected chi connectivity index (χ2v) is 1.86. The molecule has 0 aliphatic carbocycles. The van der Waals surface area contributed by atoms with Gasteiger partial charge in [0, 0.05) is 0 Å². The molecule has 5 heteroatoms. The van der Waals surface area contributed by atoms with Crippen LogP contribution in [-0.4, -0.2) is 29.5 Å². The summed E-state index contributed by atoms with van der Waals surface area (Å²) in [5.41, 5.74) is 0. The zero-order valence-corrected chi connectivity index (χ0v) is 6.71. The molecule has 0 fully saturated rings. The van der Waals surface area contributed by atoms with Crippen LogP contribution in [0.4, 0.5) is 0 Å². The van der Waals surface area contributed by atoms with Gasteiger partial charge in [-0.2, -0.15) is 0 Å². The largest absolute Gasteiger partial charge is 0.631 e. The number of ether oxygens (including phenoxy) is 1. The van der Waals surface area contributed by atoms with E-state index in [9.17, 15) is 0 Å². The third-order valence-electron chi connectivity index (χ3n) is 0.979. The van der Waals surface area contributed by atoms with Crippen LogP contribution in [0.3, 0.4) is 0 Å². The monoisotopic (exact) mass is 170 g/mol. The molecule has 0 unspecified atom stereocenters. The van der Waals surface area contributed by atoms with E-state index in [2.05, 4.69) is 0 Å². The lowest BCUT2D eigenvalue weighted by atomic mass is 10.3. The van der Waals surface area contributed by atoms with E-state index in [4.69, 9.17) is 19.8 Å². The Labute approximate surface area is 71.2 Å². The fourth-order valence-corrected chi connectivity index (χ4v) is 0.557. The summed E-state index contributed by atoms with van der Waals surface area (Å²) in [5, 5.41) is 21.5. The lowest BCUT2D eigenvalue weighted by molar-refractivity contribution is 0.278. The van der Waals surface area contributed by atoms with Crippen molar-refractivity contribution in [3.8, 4) is 5.75 Å². The number of hydrogen-bond acceptors (Lipinski definition) is 4. The van der Waals surface area contributed by atoms with E-state index in [0.29, 0.717) is 0 Å². The second-order valence-electron chi connectivity index (χ2n) is 1.86. The molecule has 0 atom stereocenters. The molecule has 4 nitrogen and oxygen atoms in total. The van der Waals surface area contributed by atoms with Crippen molar-refractivity contribution in [3.05, 3.63) is 30.3 Å². The first kappa shape index (κ1) is 11.0. The molecule has 0 aliphatic rings. The van der Waals surface area contributed by atoms with Crippen LogP contribution < -0.4 is 4.74 Å². The minimum absolute atomic E-state index is 0.910. The highest BCUT2D eigenvalue weighted by atomic mass is 16.5. The predicted molar refractivity (Wildman–Crippen MR) is 45.4 cm³/mol. The van der Waals surface area contributed by atoms with Gasteiger partial charge in [0.25, 0.3) is 0 Å². The summed E-state index contributed by atoms with van der Waals surface area (Å²) in [6.45, 7) is 0. The Balaban J connectivity index is 0.000000261. The Morgan fingerprint density at radius 3 is 1.75 bits per heavy atom. The summed E-state index contributed by atoms with van der Waals surface area (Å²) >= 11 is 0. The molecule has 0 bridgehead atoms. The topological polar surface area (TPSA) is 69.9 Å². The van der Waals surface area contributed by atoms with Crippen molar-refractivity contribution in [2.24, 2.45) is 0 Å². The van der Waals surface area contributed by atoms with Crippen LogP contribution in [0.5, 0.6) is 5.75 Å². The normalized spacial score (nSPS) is 8.00. The molecule has 0 saturated heterocycles. The molecule has 0 spiro atoms. The Morgan fingerprint density at radius 2 is 1.50 bits per heavy atom. The van der Waals surface area contributed by atoms with Gasteiger partial charge in [0.2, 0.25) is 0 Å². The molecule has 0 aromatic heterocycles. The molecule has 1 aromatic carbocycles. The highest BCUT2D eigenvalue weighted by Crippen LogP contribution is 2.05. The summed E-state index contributed by atoms with van der Waals surface area (Å²) in [5.74, 6) is 0.910. The molecular weight excluding hydrogens is 159 g/mol. The van der Waals surface area contributed by atoms with Crippen molar-refractivity contribution in [2.75, 3.05) is 7.11 Å². The number of rotatable bonds is 1. The first-order valence-corrected chi connectivity index (χ1v) is 3.30. The summed E-state index contributed by atoms with van der Waals surface area (Å²) in [7, 11) is -0.505. The van der Waals surface area contributed by atoms with Gasteiger partial charge >= 0.3 is 7.32 Å². The molecule has 1 aromatic rings. The van der Waals surface area contributed by atoms with Crippen molar-refractivity contribution in [2.45, 2.75) is 0 Å². The average Bonchev–Trinajstić information content (AvgIpc) is 2.05. The molecule has 0 amide bonds. The zero-order chi connectivity index (χ0) is 9.40. The van der Waals surface area contributed by atoms with Crippen LogP contribution in [0.1, 0.15) is 0 Å². The van der Waals surface area contributed by atoms with Gasteiger partial charge in [-0.1, -0.05) is 18.2 Å². The minimum Gasteiger partial charge on any atom is -0.497 e. The smallest absolute Gasteiger partial charge is 0.497 e. The van der Waals surface area contributed by atoms with Gasteiger partial charge < -0.3 is 19.8 Å². The van der Waals surface area contributed by atoms with Crippen molar-refractivity contribution < 1.29 is 19.8 Å².